The van der Waals surface area contributed by atoms with Gasteiger partial charge < -0.3 is 15.1 Å². The Morgan fingerprint density at radius 1 is 1.10 bits per heavy atom. The number of hydrogen-bond donors (Lipinski definition) is 2. The minimum atomic E-state index is 0.531. The van der Waals surface area contributed by atoms with Gasteiger partial charge in [-0.15, -0.1) is 11.3 Å². The van der Waals surface area contributed by atoms with E-state index in [2.05, 4.69) is 37.8 Å². The maximum absolute atomic E-state index is 5.56. The van der Waals surface area contributed by atoms with Crippen molar-refractivity contribution in [1.29, 1.82) is 0 Å². The molecular formula is C21H22N6OS. The molecule has 1 aromatic carbocycles. The van der Waals surface area contributed by atoms with Gasteiger partial charge in [0.2, 0.25) is 5.89 Å². The minimum Gasteiger partial charge on any atom is -0.443 e. The van der Waals surface area contributed by atoms with Crippen molar-refractivity contribution >= 4 is 17.3 Å². The fourth-order valence-electron chi connectivity index (χ4n) is 2.93. The molecule has 0 atom stereocenters. The Morgan fingerprint density at radius 3 is 2.72 bits per heavy atom. The highest BCUT2D eigenvalue weighted by Gasteiger charge is 2.09. The Hall–Kier alpha value is -3.39. The number of hydrogen-bond acceptors (Lipinski definition) is 5. The third kappa shape index (κ3) is 4.91. The number of thiophene rings is 1. The summed E-state index contributed by atoms with van der Waals surface area (Å²) in [4.78, 5) is 9.84. The fraction of sp³-hybridized carbons (Fsp3) is 0.190. The van der Waals surface area contributed by atoms with Gasteiger partial charge >= 0.3 is 0 Å². The second-order valence-corrected chi connectivity index (χ2v) is 7.32. The van der Waals surface area contributed by atoms with Crippen LogP contribution in [0.5, 0.6) is 0 Å². The van der Waals surface area contributed by atoms with Crippen LogP contribution in [0.2, 0.25) is 0 Å². The van der Waals surface area contributed by atoms with Crippen LogP contribution in [0.3, 0.4) is 0 Å². The molecule has 0 aliphatic carbocycles. The Labute approximate surface area is 173 Å². The molecular weight excluding hydrogens is 384 g/mol. The first kappa shape index (κ1) is 18.9. The largest absolute Gasteiger partial charge is 0.443 e. The van der Waals surface area contributed by atoms with E-state index < -0.39 is 0 Å². The van der Waals surface area contributed by atoms with Crippen molar-refractivity contribution < 1.29 is 4.42 Å². The highest BCUT2D eigenvalue weighted by Crippen LogP contribution is 2.23. The molecule has 4 aromatic rings. The van der Waals surface area contributed by atoms with Gasteiger partial charge in [0.25, 0.3) is 0 Å². The van der Waals surface area contributed by atoms with Gasteiger partial charge in [0.1, 0.15) is 6.26 Å². The van der Waals surface area contributed by atoms with Gasteiger partial charge in [0.05, 0.1) is 23.7 Å². The summed E-state index contributed by atoms with van der Waals surface area (Å²) in [5, 5.41) is 12.9. The average Bonchev–Trinajstić information content (AvgIpc) is 3.51. The van der Waals surface area contributed by atoms with E-state index in [1.54, 1.807) is 30.8 Å². The molecule has 0 bridgehead atoms. The highest BCUT2D eigenvalue weighted by atomic mass is 32.1. The SMILES string of the molecule is CN=C(NCc1coc(-c2cccs2)n1)NCc1ccccc1Cn1cccn1. The van der Waals surface area contributed by atoms with Crippen molar-refractivity contribution in [2.75, 3.05) is 7.05 Å². The van der Waals surface area contributed by atoms with Crippen molar-refractivity contribution in [2.45, 2.75) is 19.6 Å². The second kappa shape index (κ2) is 9.20. The Morgan fingerprint density at radius 2 is 1.97 bits per heavy atom. The lowest BCUT2D eigenvalue weighted by Crippen LogP contribution is -2.36. The number of benzene rings is 1. The first-order valence-electron chi connectivity index (χ1n) is 9.29. The van der Waals surface area contributed by atoms with Crippen LogP contribution in [0.1, 0.15) is 16.8 Å². The number of nitrogens with zero attached hydrogens (tertiary/aromatic N) is 4. The molecule has 7 nitrogen and oxygen atoms in total. The minimum absolute atomic E-state index is 0.531. The van der Waals surface area contributed by atoms with Crippen LogP contribution < -0.4 is 10.6 Å². The predicted molar refractivity (Wildman–Crippen MR) is 115 cm³/mol. The molecule has 8 heteroatoms. The van der Waals surface area contributed by atoms with Crippen molar-refractivity contribution in [3.05, 3.63) is 83.3 Å². The number of rotatable bonds is 7. The van der Waals surface area contributed by atoms with E-state index in [-0.39, 0.29) is 0 Å². The van der Waals surface area contributed by atoms with Crippen LogP contribution in [0.15, 0.2) is 75.9 Å². The third-order valence-corrected chi connectivity index (χ3v) is 5.26. The fourth-order valence-corrected chi connectivity index (χ4v) is 3.58. The van der Waals surface area contributed by atoms with Gasteiger partial charge in [-0.25, -0.2) is 4.98 Å². The van der Waals surface area contributed by atoms with Gasteiger partial charge in [0.15, 0.2) is 5.96 Å². The van der Waals surface area contributed by atoms with E-state index in [9.17, 15) is 0 Å². The van der Waals surface area contributed by atoms with Gasteiger partial charge in [0, 0.05) is 26.0 Å². The molecule has 0 unspecified atom stereocenters. The highest BCUT2D eigenvalue weighted by molar-refractivity contribution is 7.13. The van der Waals surface area contributed by atoms with E-state index in [4.69, 9.17) is 4.42 Å². The van der Waals surface area contributed by atoms with Gasteiger partial charge in [-0.3, -0.25) is 9.67 Å². The molecule has 0 saturated carbocycles. The monoisotopic (exact) mass is 406 g/mol. The lowest BCUT2D eigenvalue weighted by molar-refractivity contribution is 0.573. The summed E-state index contributed by atoms with van der Waals surface area (Å²) in [5.41, 5.74) is 3.25. The maximum Gasteiger partial charge on any atom is 0.236 e. The van der Waals surface area contributed by atoms with Crippen LogP contribution in [0.4, 0.5) is 0 Å². The van der Waals surface area contributed by atoms with E-state index >= 15 is 0 Å². The molecule has 0 amide bonds. The number of oxazole rings is 1. The first-order valence-corrected chi connectivity index (χ1v) is 10.2. The molecule has 0 spiro atoms. The normalized spacial score (nSPS) is 11.6. The molecule has 0 aliphatic rings. The van der Waals surface area contributed by atoms with Crippen LogP contribution >= 0.6 is 11.3 Å². The van der Waals surface area contributed by atoms with Crippen molar-refractivity contribution in [3.63, 3.8) is 0 Å². The zero-order chi connectivity index (χ0) is 19.9. The Bertz CT molecular complexity index is 1050. The third-order valence-electron chi connectivity index (χ3n) is 4.40. The number of guanidine groups is 1. The smallest absolute Gasteiger partial charge is 0.236 e. The zero-order valence-corrected chi connectivity index (χ0v) is 16.9. The predicted octanol–water partition coefficient (Wildman–Crippen LogP) is 3.51. The van der Waals surface area contributed by atoms with Crippen molar-refractivity contribution in [2.24, 2.45) is 4.99 Å². The Balaban J connectivity index is 1.33. The summed E-state index contributed by atoms with van der Waals surface area (Å²) in [6.45, 7) is 1.93. The molecule has 4 rings (SSSR count). The quantitative estimate of drug-likeness (QED) is 0.363. The zero-order valence-electron chi connectivity index (χ0n) is 16.1. The summed E-state index contributed by atoms with van der Waals surface area (Å²) < 4.78 is 7.48. The van der Waals surface area contributed by atoms with E-state index in [0.717, 1.165) is 17.1 Å². The molecule has 3 aromatic heterocycles. The lowest BCUT2D eigenvalue weighted by Gasteiger charge is -2.14. The molecule has 0 saturated heterocycles. The summed E-state index contributed by atoms with van der Waals surface area (Å²) in [5.74, 6) is 1.35. The molecule has 0 fully saturated rings. The standard InChI is InChI=1S/C21H22N6OS/c1-22-21(24-13-18-15-28-20(26-18)19-8-4-11-29-19)23-12-16-6-2-3-7-17(16)14-27-10-5-9-25-27/h2-11,15H,12-14H2,1H3,(H2,22,23,24). The first-order chi connectivity index (χ1) is 14.3. The molecule has 148 valence electrons. The van der Waals surface area contributed by atoms with Crippen LogP contribution in [-0.4, -0.2) is 27.8 Å². The molecule has 0 aliphatic heterocycles. The molecule has 3 heterocycles. The average molecular weight is 407 g/mol. The molecule has 2 N–H and O–H groups in total. The number of aromatic nitrogens is 3. The van der Waals surface area contributed by atoms with Gasteiger partial charge in [-0.05, 0) is 28.6 Å². The van der Waals surface area contributed by atoms with Gasteiger partial charge in [-0.1, -0.05) is 30.3 Å². The van der Waals surface area contributed by atoms with E-state index in [0.29, 0.717) is 24.9 Å². The van der Waals surface area contributed by atoms with E-state index in [1.807, 2.05) is 46.6 Å². The summed E-state index contributed by atoms with van der Waals surface area (Å²) in [6.07, 6.45) is 5.43. The van der Waals surface area contributed by atoms with Crippen molar-refractivity contribution in [3.8, 4) is 10.8 Å². The Kier molecular flexibility index (Phi) is 6.01. The van der Waals surface area contributed by atoms with Crippen LogP contribution in [-0.2, 0) is 19.6 Å². The maximum atomic E-state index is 5.56. The number of aliphatic imine (C=N–C) groups is 1. The summed E-state index contributed by atoms with van der Waals surface area (Å²) in [6, 6.07) is 14.2. The van der Waals surface area contributed by atoms with Crippen molar-refractivity contribution in [1.82, 2.24) is 25.4 Å². The summed E-state index contributed by atoms with van der Waals surface area (Å²) >= 11 is 1.61. The molecule has 29 heavy (non-hydrogen) atoms. The van der Waals surface area contributed by atoms with Crippen LogP contribution in [0, 0.1) is 0 Å². The topological polar surface area (TPSA) is 80.3 Å². The second-order valence-electron chi connectivity index (χ2n) is 6.37. The van der Waals surface area contributed by atoms with Crippen LogP contribution in [0.25, 0.3) is 10.8 Å². The van der Waals surface area contributed by atoms with Gasteiger partial charge in [-0.2, -0.15) is 5.10 Å². The number of nitrogens with one attached hydrogen (secondary N) is 2. The van der Waals surface area contributed by atoms with E-state index in [1.165, 1.54) is 11.1 Å². The molecule has 0 radical (unpaired) electrons. The lowest BCUT2D eigenvalue weighted by atomic mass is 10.1. The summed E-state index contributed by atoms with van der Waals surface area (Å²) in [7, 11) is 1.75.